The minimum absolute atomic E-state index is 0.189. The SMILES string of the molecule is Cc1cc2c(C(C)O)cn(CCCO)c2cc1C. The number of aliphatic hydroxyl groups is 2. The molecule has 98 valence electrons. The number of benzene rings is 1. The minimum atomic E-state index is -0.468. The van der Waals surface area contributed by atoms with E-state index in [9.17, 15) is 5.11 Å². The Morgan fingerprint density at radius 3 is 2.50 bits per heavy atom. The zero-order valence-corrected chi connectivity index (χ0v) is 11.3. The summed E-state index contributed by atoms with van der Waals surface area (Å²) in [4.78, 5) is 0. The molecule has 3 heteroatoms. The molecule has 1 heterocycles. The first-order chi connectivity index (χ1) is 8.54. The highest BCUT2D eigenvalue weighted by Gasteiger charge is 2.13. The third-order valence-electron chi connectivity index (χ3n) is 3.53. The largest absolute Gasteiger partial charge is 0.396 e. The van der Waals surface area contributed by atoms with Crippen molar-refractivity contribution in [2.45, 2.75) is 39.8 Å². The van der Waals surface area contributed by atoms with Crippen molar-refractivity contribution in [2.75, 3.05) is 6.61 Å². The van der Waals surface area contributed by atoms with E-state index >= 15 is 0 Å². The Kier molecular flexibility index (Phi) is 3.73. The molecule has 0 saturated carbocycles. The molecule has 2 rings (SSSR count). The smallest absolute Gasteiger partial charge is 0.0782 e. The predicted octanol–water partition coefficient (Wildman–Crippen LogP) is 2.69. The fraction of sp³-hybridized carbons (Fsp3) is 0.467. The van der Waals surface area contributed by atoms with E-state index in [0.29, 0.717) is 0 Å². The van der Waals surface area contributed by atoms with E-state index in [-0.39, 0.29) is 6.61 Å². The monoisotopic (exact) mass is 247 g/mol. The number of hydrogen-bond acceptors (Lipinski definition) is 2. The van der Waals surface area contributed by atoms with Gasteiger partial charge in [0.05, 0.1) is 6.10 Å². The molecule has 0 amide bonds. The second kappa shape index (κ2) is 5.12. The van der Waals surface area contributed by atoms with E-state index in [1.54, 1.807) is 6.92 Å². The number of rotatable bonds is 4. The maximum Gasteiger partial charge on any atom is 0.0782 e. The highest BCUT2D eigenvalue weighted by atomic mass is 16.3. The Bertz CT molecular complexity index is 555. The summed E-state index contributed by atoms with van der Waals surface area (Å²) in [5.74, 6) is 0. The molecule has 1 unspecified atom stereocenters. The average Bonchev–Trinajstić information content (AvgIpc) is 2.66. The Morgan fingerprint density at radius 2 is 1.89 bits per heavy atom. The van der Waals surface area contributed by atoms with Gasteiger partial charge in [0.15, 0.2) is 0 Å². The van der Waals surface area contributed by atoms with Crippen LogP contribution < -0.4 is 0 Å². The number of aromatic nitrogens is 1. The number of aryl methyl sites for hydroxylation is 3. The molecular weight excluding hydrogens is 226 g/mol. The van der Waals surface area contributed by atoms with Crippen molar-refractivity contribution >= 4 is 10.9 Å². The summed E-state index contributed by atoms with van der Waals surface area (Å²) >= 11 is 0. The quantitative estimate of drug-likeness (QED) is 0.872. The maximum atomic E-state index is 9.86. The lowest BCUT2D eigenvalue weighted by Gasteiger charge is -2.06. The Balaban J connectivity index is 2.61. The van der Waals surface area contributed by atoms with Crippen LogP contribution in [0.15, 0.2) is 18.3 Å². The maximum absolute atomic E-state index is 9.86. The number of aliphatic hydroxyl groups excluding tert-OH is 2. The summed E-state index contributed by atoms with van der Waals surface area (Å²) < 4.78 is 2.13. The minimum Gasteiger partial charge on any atom is -0.396 e. The van der Waals surface area contributed by atoms with Crippen LogP contribution in [0.25, 0.3) is 10.9 Å². The van der Waals surface area contributed by atoms with Crippen LogP contribution >= 0.6 is 0 Å². The van der Waals surface area contributed by atoms with Gasteiger partial charge in [-0.2, -0.15) is 0 Å². The van der Waals surface area contributed by atoms with E-state index < -0.39 is 6.10 Å². The van der Waals surface area contributed by atoms with Gasteiger partial charge in [-0.3, -0.25) is 0 Å². The molecule has 1 atom stereocenters. The van der Waals surface area contributed by atoms with Gasteiger partial charge in [-0.05, 0) is 50.5 Å². The fourth-order valence-corrected chi connectivity index (χ4v) is 2.34. The summed E-state index contributed by atoms with van der Waals surface area (Å²) in [6.07, 6.45) is 2.27. The zero-order valence-electron chi connectivity index (χ0n) is 11.3. The summed E-state index contributed by atoms with van der Waals surface area (Å²) in [6.45, 7) is 6.95. The van der Waals surface area contributed by atoms with E-state index in [4.69, 9.17) is 5.11 Å². The van der Waals surface area contributed by atoms with Crippen LogP contribution in [0.4, 0.5) is 0 Å². The van der Waals surface area contributed by atoms with Crippen LogP contribution in [0.2, 0.25) is 0 Å². The van der Waals surface area contributed by atoms with Gasteiger partial charge in [0.25, 0.3) is 0 Å². The van der Waals surface area contributed by atoms with Crippen molar-refractivity contribution in [2.24, 2.45) is 0 Å². The standard InChI is InChI=1S/C15H21NO2/c1-10-7-13-14(12(3)18)9-16(5-4-6-17)15(13)8-11(10)2/h7-9,12,17-18H,4-6H2,1-3H3. The van der Waals surface area contributed by atoms with Crippen molar-refractivity contribution in [3.8, 4) is 0 Å². The molecule has 1 aromatic heterocycles. The summed E-state index contributed by atoms with van der Waals surface area (Å²) in [7, 11) is 0. The summed E-state index contributed by atoms with van der Waals surface area (Å²) in [5.41, 5.74) is 4.60. The van der Waals surface area contributed by atoms with Gasteiger partial charge in [-0.25, -0.2) is 0 Å². The van der Waals surface area contributed by atoms with Gasteiger partial charge >= 0.3 is 0 Å². The zero-order chi connectivity index (χ0) is 13.3. The molecule has 2 N–H and O–H groups in total. The van der Waals surface area contributed by atoms with E-state index in [0.717, 1.165) is 29.4 Å². The fourth-order valence-electron chi connectivity index (χ4n) is 2.34. The Hall–Kier alpha value is -1.32. The van der Waals surface area contributed by atoms with Crippen molar-refractivity contribution < 1.29 is 10.2 Å². The van der Waals surface area contributed by atoms with Crippen molar-refractivity contribution in [1.29, 1.82) is 0 Å². The van der Waals surface area contributed by atoms with Crippen molar-refractivity contribution in [3.63, 3.8) is 0 Å². The van der Waals surface area contributed by atoms with Gasteiger partial charge < -0.3 is 14.8 Å². The van der Waals surface area contributed by atoms with Gasteiger partial charge in [0.1, 0.15) is 0 Å². The molecule has 2 aromatic rings. The Morgan fingerprint density at radius 1 is 1.22 bits per heavy atom. The molecule has 0 saturated heterocycles. The molecule has 18 heavy (non-hydrogen) atoms. The van der Waals surface area contributed by atoms with Crippen LogP contribution in [0.5, 0.6) is 0 Å². The lowest BCUT2D eigenvalue weighted by molar-refractivity contribution is 0.200. The lowest BCUT2D eigenvalue weighted by atomic mass is 10.0. The highest BCUT2D eigenvalue weighted by Crippen LogP contribution is 2.29. The van der Waals surface area contributed by atoms with E-state index in [1.165, 1.54) is 11.1 Å². The molecule has 0 spiro atoms. The third-order valence-corrected chi connectivity index (χ3v) is 3.53. The average molecular weight is 247 g/mol. The van der Waals surface area contributed by atoms with Crippen LogP contribution in [-0.4, -0.2) is 21.4 Å². The van der Waals surface area contributed by atoms with Crippen LogP contribution in [0.1, 0.15) is 36.1 Å². The van der Waals surface area contributed by atoms with Gasteiger partial charge in [0, 0.05) is 35.8 Å². The number of fused-ring (bicyclic) bond motifs is 1. The first-order valence-corrected chi connectivity index (χ1v) is 6.43. The molecule has 0 aliphatic carbocycles. The van der Waals surface area contributed by atoms with E-state index in [2.05, 4.69) is 30.5 Å². The van der Waals surface area contributed by atoms with Gasteiger partial charge in [-0.1, -0.05) is 0 Å². The first-order valence-electron chi connectivity index (χ1n) is 6.43. The molecule has 0 fully saturated rings. The summed E-state index contributed by atoms with van der Waals surface area (Å²) in [6, 6.07) is 4.30. The van der Waals surface area contributed by atoms with Crippen LogP contribution in [0, 0.1) is 13.8 Å². The molecule has 3 nitrogen and oxygen atoms in total. The molecule has 1 aromatic carbocycles. The van der Waals surface area contributed by atoms with Crippen molar-refractivity contribution in [1.82, 2.24) is 4.57 Å². The van der Waals surface area contributed by atoms with Crippen LogP contribution in [0.3, 0.4) is 0 Å². The normalized spacial score (nSPS) is 13.2. The first kappa shape index (κ1) is 13.1. The molecule has 0 bridgehead atoms. The molecule has 0 radical (unpaired) electrons. The number of nitrogens with zero attached hydrogens (tertiary/aromatic N) is 1. The molecule has 0 aliphatic rings. The van der Waals surface area contributed by atoms with Crippen LogP contribution in [-0.2, 0) is 6.54 Å². The van der Waals surface area contributed by atoms with Crippen molar-refractivity contribution in [3.05, 3.63) is 35.0 Å². The summed E-state index contributed by atoms with van der Waals surface area (Å²) in [5, 5.41) is 19.9. The highest BCUT2D eigenvalue weighted by molar-refractivity contribution is 5.86. The molecule has 0 aliphatic heterocycles. The number of hydrogen-bond donors (Lipinski definition) is 2. The third kappa shape index (κ3) is 2.28. The topological polar surface area (TPSA) is 45.4 Å². The molecular formula is C15H21NO2. The predicted molar refractivity (Wildman–Crippen MR) is 73.7 cm³/mol. The second-order valence-corrected chi connectivity index (χ2v) is 4.98. The second-order valence-electron chi connectivity index (χ2n) is 4.98. The lowest BCUT2D eigenvalue weighted by Crippen LogP contribution is -1.98. The van der Waals surface area contributed by atoms with Gasteiger partial charge in [0.2, 0.25) is 0 Å². The van der Waals surface area contributed by atoms with E-state index in [1.807, 2.05) is 6.20 Å². The van der Waals surface area contributed by atoms with Gasteiger partial charge in [-0.15, -0.1) is 0 Å². The Labute approximate surface area is 108 Å².